The first-order valence-corrected chi connectivity index (χ1v) is 9.95. The van der Waals surface area contributed by atoms with E-state index in [1.807, 2.05) is 24.3 Å². The summed E-state index contributed by atoms with van der Waals surface area (Å²) in [7, 11) is 0. The van der Waals surface area contributed by atoms with E-state index in [9.17, 15) is 4.79 Å². The molecule has 0 spiro atoms. The molecule has 3 nitrogen and oxygen atoms in total. The molecule has 1 aromatic rings. The minimum Gasteiger partial charge on any atom is -0.376 e. The van der Waals surface area contributed by atoms with Crippen LogP contribution >= 0.6 is 0 Å². The smallest absolute Gasteiger partial charge is 0.376 e. The number of carbonyl (C=O) groups is 1. The molecule has 0 radical (unpaired) electrons. The number of ketones is 1. The van der Waals surface area contributed by atoms with Gasteiger partial charge in [-0.1, -0.05) is 36.3 Å². The van der Waals surface area contributed by atoms with Crippen LogP contribution in [-0.2, 0) is 4.42 Å². The molecule has 1 aliphatic heterocycles. The molecule has 1 unspecified atom stereocenters. The summed E-state index contributed by atoms with van der Waals surface area (Å²) in [6.45, 7) is 16.5. The number of allylic oxidation sites excluding steroid dienone is 5. The van der Waals surface area contributed by atoms with Crippen LogP contribution in [0.1, 0.15) is 47.5 Å². The molecule has 0 bridgehead atoms. The number of hydrogen-bond acceptors (Lipinski definition) is 2. The van der Waals surface area contributed by atoms with Crippen molar-refractivity contribution in [2.75, 3.05) is 13.1 Å². The molecule has 148 valence electrons. The summed E-state index contributed by atoms with van der Waals surface area (Å²) in [5.74, 6) is 2.03. The molecule has 0 amide bonds. The number of nitrogens with one attached hydrogen (secondary N) is 1. The van der Waals surface area contributed by atoms with E-state index in [1.165, 1.54) is 12.0 Å². The molecule has 1 aromatic carbocycles. The maximum Gasteiger partial charge on any atom is 1.00 e. The zero-order valence-electron chi connectivity index (χ0n) is 17.5. The van der Waals surface area contributed by atoms with Crippen LogP contribution < -0.4 is 24.2 Å². The van der Waals surface area contributed by atoms with Gasteiger partial charge in [-0.3, -0.25) is 4.79 Å². The molecule has 1 N–H and O–H groups in total. The van der Waals surface area contributed by atoms with Gasteiger partial charge in [0, 0.05) is 6.07 Å². The zero-order valence-corrected chi connectivity index (χ0v) is 17.5. The van der Waals surface area contributed by atoms with Gasteiger partial charge in [-0.05, 0) is 42.4 Å². The fourth-order valence-corrected chi connectivity index (χ4v) is 3.60. The van der Waals surface area contributed by atoms with Crippen molar-refractivity contribution < 1.29 is 28.1 Å². The summed E-state index contributed by atoms with van der Waals surface area (Å²) < 4.78 is 5.80. The van der Waals surface area contributed by atoms with Gasteiger partial charge in [-0.15, -0.1) is 13.1 Å². The fraction of sp³-hybridized carbons (Fsp3) is 0.320. The quantitative estimate of drug-likeness (QED) is 0.216. The number of aldehydes is 1. The van der Waals surface area contributed by atoms with E-state index in [2.05, 4.69) is 38.7 Å². The topological polar surface area (TPSA) is 40.4 Å². The van der Waals surface area contributed by atoms with E-state index in [0.29, 0.717) is 28.7 Å². The molecule has 0 aromatic heterocycles. The number of fused-ring (bicyclic) bond motifs is 1. The van der Waals surface area contributed by atoms with Gasteiger partial charge in [-0.25, -0.2) is 4.42 Å². The van der Waals surface area contributed by atoms with Crippen molar-refractivity contribution in [3.8, 4) is 5.75 Å². The fourth-order valence-electron chi connectivity index (χ4n) is 3.60. The first-order valence-electron chi connectivity index (χ1n) is 9.95. The number of benzene rings is 1. The monoisotopic (exact) mass is 382 g/mol. The van der Waals surface area contributed by atoms with Crippen molar-refractivity contribution in [1.82, 2.24) is 5.32 Å². The summed E-state index contributed by atoms with van der Waals surface area (Å²) in [5.41, 5.74) is 4.76. The van der Waals surface area contributed by atoms with Crippen molar-refractivity contribution in [2.24, 2.45) is 5.92 Å². The van der Waals surface area contributed by atoms with E-state index in [-0.39, 0.29) is 24.6 Å². The summed E-state index contributed by atoms with van der Waals surface area (Å²) >= 11 is 0. The normalized spacial score (nSPS) is 24.4. The third-order valence-corrected chi connectivity index (χ3v) is 5.46. The molecular weight excluding hydrogens is 353 g/mol. The minimum atomic E-state index is 0. The van der Waals surface area contributed by atoms with E-state index in [0.717, 1.165) is 43.5 Å². The van der Waals surface area contributed by atoms with Crippen LogP contribution in [0.3, 0.4) is 0 Å². The van der Waals surface area contributed by atoms with Crippen molar-refractivity contribution in [3.63, 3.8) is 0 Å². The number of hydrogen-bond donors (Lipinski definition) is 1. The van der Waals surface area contributed by atoms with Gasteiger partial charge < -0.3 is 26.1 Å². The largest absolute Gasteiger partial charge is 1.00 e. The van der Waals surface area contributed by atoms with Crippen LogP contribution in [0, 0.1) is 26.7 Å². The second-order valence-electron chi connectivity index (χ2n) is 7.39. The van der Waals surface area contributed by atoms with E-state index < -0.39 is 0 Å². The molecule has 2 aliphatic carbocycles. The minimum absolute atomic E-state index is 0. The average Bonchev–Trinajstić information content (AvgIpc) is 3.50. The van der Waals surface area contributed by atoms with Crippen LogP contribution in [0.4, 0.5) is 0 Å². The maximum absolute atomic E-state index is 12.8. The number of carbonyl (C=O) groups excluding carboxylic acids is 2. The van der Waals surface area contributed by atoms with Gasteiger partial charge in [0.2, 0.25) is 5.78 Å². The maximum atomic E-state index is 12.8. The van der Waals surface area contributed by atoms with Gasteiger partial charge in [0.15, 0.2) is 0 Å². The standard InChI is InChI=1S/C21H20O2.C4H9N.Li/c1-3-14-10-18(14)16-8-9-17-20(11-16)23-12-19(21(17)22)15-6-4-13(2)5-7-15;1-3-5-4-2;/h4,6,8-9,11-12,14,18H,1-3,5,7,10H2;5H,1-4H2;/q;-2;+1/b19-15-;;/t14-,18?;;/m1../s1. The molecular formula is C25H29LiNO2-. The van der Waals surface area contributed by atoms with E-state index >= 15 is 0 Å². The summed E-state index contributed by atoms with van der Waals surface area (Å²) in [4.78, 5) is 12.8. The van der Waals surface area contributed by atoms with Gasteiger partial charge in [0.25, 0.3) is 0 Å². The molecule has 4 rings (SSSR count). The average molecular weight is 382 g/mol. The van der Waals surface area contributed by atoms with E-state index in [1.54, 1.807) is 6.29 Å². The van der Waals surface area contributed by atoms with Crippen LogP contribution in [0.25, 0.3) is 0 Å². The second kappa shape index (κ2) is 10.9. The van der Waals surface area contributed by atoms with Crippen LogP contribution in [0.15, 0.2) is 53.6 Å². The number of rotatable bonds is 4. The predicted molar refractivity (Wildman–Crippen MR) is 115 cm³/mol. The van der Waals surface area contributed by atoms with Crippen molar-refractivity contribution in [1.29, 1.82) is 0 Å². The third-order valence-electron chi connectivity index (χ3n) is 5.46. The van der Waals surface area contributed by atoms with Gasteiger partial charge in [-0.2, -0.15) is 6.42 Å². The first-order chi connectivity index (χ1) is 13.6. The van der Waals surface area contributed by atoms with Gasteiger partial charge >= 0.3 is 30.9 Å². The summed E-state index contributed by atoms with van der Waals surface area (Å²) in [5, 5.41) is 2.89. The van der Waals surface area contributed by atoms with Crippen LogP contribution in [-0.4, -0.2) is 25.2 Å². The first kappa shape index (κ1) is 23.6. The molecule has 3 aliphatic rings. The third kappa shape index (κ3) is 5.70. The SMILES string of the molecule is C=C1C=C/C(=C2\C=[O+]c3cc(C4C[C@H]4C[CH2-])ccc3C2=O)CC1.[CH2-]CNC[CH2-].[Li+]. The molecule has 4 heteroatoms. The molecule has 1 heterocycles. The molecule has 1 saturated carbocycles. The van der Waals surface area contributed by atoms with Crippen molar-refractivity contribution in [3.05, 3.63) is 85.5 Å². The Balaban J connectivity index is 0.000000450. The van der Waals surface area contributed by atoms with Crippen molar-refractivity contribution in [2.45, 2.75) is 31.6 Å². The Kier molecular flexibility index (Phi) is 8.90. The second-order valence-corrected chi connectivity index (χ2v) is 7.39. The molecule has 29 heavy (non-hydrogen) atoms. The molecule has 0 saturated heterocycles. The molecule has 2 atom stereocenters. The summed E-state index contributed by atoms with van der Waals surface area (Å²) in [6.07, 6.45) is 9.51. The van der Waals surface area contributed by atoms with Crippen molar-refractivity contribution >= 4 is 12.1 Å². The summed E-state index contributed by atoms with van der Waals surface area (Å²) in [6, 6.07) is 6.03. The molecule has 1 fully saturated rings. The van der Waals surface area contributed by atoms with Gasteiger partial charge in [0.05, 0.1) is 0 Å². The Hall–Kier alpha value is -1.66. The number of Topliss-reactive ketones (excluding diaryl/α,β-unsaturated/α-hetero) is 1. The Labute approximate surface area is 187 Å². The predicted octanol–water partition coefficient (Wildman–Crippen LogP) is 2.11. The van der Waals surface area contributed by atoms with Crippen LogP contribution in [0.5, 0.6) is 5.75 Å². The Morgan fingerprint density at radius 2 is 1.90 bits per heavy atom. The Morgan fingerprint density at radius 3 is 2.45 bits per heavy atom. The van der Waals surface area contributed by atoms with Gasteiger partial charge in [0.1, 0.15) is 11.1 Å². The zero-order chi connectivity index (χ0) is 20.1. The Bertz CT molecular complexity index is 848. The van der Waals surface area contributed by atoms with E-state index in [4.69, 9.17) is 4.42 Å². The Morgan fingerprint density at radius 1 is 1.14 bits per heavy atom. The van der Waals surface area contributed by atoms with Crippen LogP contribution in [0.2, 0.25) is 0 Å².